The summed E-state index contributed by atoms with van der Waals surface area (Å²) in [6.07, 6.45) is -0.274. The summed E-state index contributed by atoms with van der Waals surface area (Å²) < 4.78 is 0. The molecule has 0 bridgehead atoms. The minimum Gasteiger partial charge on any atom is -0.507 e. The number of aliphatic hydroxyl groups excluding tert-OH is 3. The van der Waals surface area contributed by atoms with E-state index in [0.29, 0.717) is 6.42 Å². The number of phenols is 3. The van der Waals surface area contributed by atoms with Gasteiger partial charge in [-0.2, -0.15) is 0 Å². The molecule has 0 heterocycles. The summed E-state index contributed by atoms with van der Waals surface area (Å²) in [6, 6.07) is 0. The lowest BCUT2D eigenvalue weighted by atomic mass is 9.48. The maximum atomic E-state index is 13.0. The molecular weight excluding hydrogens is 368 g/mol. The van der Waals surface area contributed by atoms with Crippen molar-refractivity contribution < 1.29 is 40.2 Å². The number of aromatic hydroxyl groups is 3. The lowest BCUT2D eigenvalue weighted by molar-refractivity contribution is -0.137. The second-order valence-electron chi connectivity index (χ2n) is 8.69. The highest BCUT2D eigenvalue weighted by Crippen LogP contribution is 2.61. The normalized spacial score (nSPS) is 29.0. The first kappa shape index (κ1) is 20.6. The van der Waals surface area contributed by atoms with Crippen LogP contribution < -0.4 is 0 Å². The van der Waals surface area contributed by atoms with Gasteiger partial charge in [-0.05, 0) is 12.8 Å². The van der Waals surface area contributed by atoms with Crippen LogP contribution in [0.1, 0.15) is 61.0 Å². The van der Waals surface area contributed by atoms with Gasteiger partial charge < -0.3 is 30.6 Å². The van der Waals surface area contributed by atoms with Crippen molar-refractivity contribution in [1.82, 2.24) is 0 Å². The van der Waals surface area contributed by atoms with Crippen LogP contribution in [0.25, 0.3) is 0 Å². The molecule has 3 atom stereocenters. The van der Waals surface area contributed by atoms with Crippen LogP contribution in [0.2, 0.25) is 0 Å². The minimum absolute atomic E-state index is 0.0320. The Morgan fingerprint density at radius 3 is 2.11 bits per heavy atom. The topological polar surface area (TPSA) is 156 Å². The van der Waals surface area contributed by atoms with E-state index >= 15 is 0 Å². The van der Waals surface area contributed by atoms with E-state index < -0.39 is 76.4 Å². The van der Waals surface area contributed by atoms with Crippen LogP contribution in [-0.4, -0.2) is 61.5 Å². The van der Waals surface area contributed by atoms with Crippen molar-refractivity contribution in [2.75, 3.05) is 13.2 Å². The molecule has 2 aliphatic rings. The predicted octanol–water partition coefficient (Wildman–Crippen LogP) is 0.692. The van der Waals surface area contributed by atoms with Crippen LogP contribution in [0.3, 0.4) is 0 Å². The number of Topliss-reactive ketones (excluding diaryl/α,β-unsaturated/α-hetero) is 2. The molecule has 0 aromatic heterocycles. The molecule has 8 nitrogen and oxygen atoms in total. The molecule has 1 fully saturated rings. The van der Waals surface area contributed by atoms with Crippen molar-refractivity contribution in [2.45, 2.75) is 51.0 Å². The Kier molecular flexibility index (Phi) is 4.73. The van der Waals surface area contributed by atoms with Crippen molar-refractivity contribution in [3.8, 4) is 17.2 Å². The SMILES string of the molecule is CC1(C)[C@@H](O)CC[C@]2(C)c3c(O)c(O)c(C(CO)CO)c(O)c3C(=O)C(=O)[C@@H]12. The van der Waals surface area contributed by atoms with E-state index in [0.717, 1.165) is 0 Å². The molecule has 0 spiro atoms. The van der Waals surface area contributed by atoms with Crippen LogP contribution in [-0.2, 0) is 10.2 Å². The Balaban J connectivity index is 2.39. The molecule has 0 saturated heterocycles. The molecule has 28 heavy (non-hydrogen) atoms. The zero-order chi connectivity index (χ0) is 21.2. The summed E-state index contributed by atoms with van der Waals surface area (Å²) in [5.41, 5.74) is -2.88. The lowest BCUT2D eigenvalue weighted by Gasteiger charge is -2.54. The standard InChI is InChI=1S/C20H26O8/c1-19(2)9(23)4-5-20(3)12-11(15(26)17(28)18(19)20)13(24)10(8(6-21)7-22)14(25)16(12)27/h8-9,18,21-25,27H,4-7H2,1-3H3/t9-,18-,20+/m0/s1. The first-order valence-electron chi connectivity index (χ1n) is 9.24. The first-order valence-corrected chi connectivity index (χ1v) is 9.24. The van der Waals surface area contributed by atoms with Gasteiger partial charge in [-0.3, -0.25) is 9.59 Å². The summed E-state index contributed by atoms with van der Waals surface area (Å²) in [7, 11) is 0. The second kappa shape index (κ2) is 6.43. The zero-order valence-electron chi connectivity index (χ0n) is 16.1. The number of rotatable bonds is 3. The largest absolute Gasteiger partial charge is 0.507 e. The lowest BCUT2D eigenvalue weighted by Crippen LogP contribution is -2.59. The van der Waals surface area contributed by atoms with Gasteiger partial charge in [0, 0.05) is 33.8 Å². The van der Waals surface area contributed by atoms with E-state index in [1.165, 1.54) is 0 Å². The van der Waals surface area contributed by atoms with Gasteiger partial charge in [-0.25, -0.2) is 0 Å². The molecule has 0 radical (unpaired) electrons. The molecule has 0 amide bonds. The maximum absolute atomic E-state index is 13.0. The fraction of sp³-hybridized carbons (Fsp3) is 0.600. The van der Waals surface area contributed by atoms with Gasteiger partial charge >= 0.3 is 0 Å². The van der Waals surface area contributed by atoms with Crippen molar-refractivity contribution in [1.29, 1.82) is 0 Å². The average Bonchev–Trinajstić information content (AvgIpc) is 2.63. The molecule has 6 N–H and O–H groups in total. The Morgan fingerprint density at radius 1 is 1.00 bits per heavy atom. The third kappa shape index (κ3) is 2.41. The molecule has 3 rings (SSSR count). The first-order chi connectivity index (χ1) is 12.9. The van der Waals surface area contributed by atoms with Crippen LogP contribution in [0.15, 0.2) is 0 Å². The number of hydrogen-bond acceptors (Lipinski definition) is 8. The number of carbonyl (C=O) groups excluding carboxylic acids is 2. The van der Waals surface area contributed by atoms with Crippen LogP contribution in [0, 0.1) is 11.3 Å². The third-order valence-corrected chi connectivity index (χ3v) is 6.77. The number of fused-ring (bicyclic) bond motifs is 3. The molecule has 1 aromatic rings. The van der Waals surface area contributed by atoms with Gasteiger partial charge in [0.15, 0.2) is 11.5 Å². The minimum atomic E-state index is -1.14. The number of aliphatic hydroxyl groups is 3. The highest BCUT2D eigenvalue weighted by atomic mass is 16.3. The van der Waals surface area contributed by atoms with Crippen LogP contribution in [0.5, 0.6) is 17.2 Å². The summed E-state index contributed by atoms with van der Waals surface area (Å²) >= 11 is 0. The van der Waals surface area contributed by atoms with E-state index in [-0.39, 0.29) is 17.5 Å². The second-order valence-corrected chi connectivity index (χ2v) is 8.69. The van der Waals surface area contributed by atoms with Gasteiger partial charge in [-0.1, -0.05) is 20.8 Å². The van der Waals surface area contributed by atoms with Crippen LogP contribution >= 0.6 is 0 Å². The van der Waals surface area contributed by atoms with Gasteiger partial charge in [0.2, 0.25) is 11.6 Å². The molecule has 154 valence electrons. The monoisotopic (exact) mass is 394 g/mol. The summed E-state index contributed by atoms with van der Waals surface area (Å²) in [5, 5.41) is 61.3. The molecule has 2 aliphatic carbocycles. The molecule has 0 unspecified atom stereocenters. The van der Waals surface area contributed by atoms with E-state index in [1.54, 1.807) is 20.8 Å². The van der Waals surface area contributed by atoms with E-state index in [9.17, 15) is 40.2 Å². The highest BCUT2D eigenvalue weighted by Gasteiger charge is 2.61. The van der Waals surface area contributed by atoms with Gasteiger partial charge in [0.05, 0.1) is 24.9 Å². The molecule has 8 heteroatoms. The fourth-order valence-electron chi connectivity index (χ4n) is 5.25. The van der Waals surface area contributed by atoms with Crippen LogP contribution in [0.4, 0.5) is 0 Å². The molecule has 1 saturated carbocycles. The third-order valence-electron chi connectivity index (χ3n) is 6.77. The smallest absolute Gasteiger partial charge is 0.233 e. The summed E-state index contributed by atoms with van der Waals surface area (Å²) in [5.74, 6) is -6.02. The van der Waals surface area contributed by atoms with E-state index in [1.807, 2.05) is 0 Å². The quantitative estimate of drug-likeness (QED) is 0.248. The average molecular weight is 394 g/mol. The number of phenolic OH excluding ortho intramolecular Hbond substituents is 3. The molecule has 1 aromatic carbocycles. The van der Waals surface area contributed by atoms with Gasteiger partial charge in [0.25, 0.3) is 0 Å². The van der Waals surface area contributed by atoms with E-state index in [2.05, 4.69) is 0 Å². The number of ketones is 2. The van der Waals surface area contributed by atoms with Crippen molar-refractivity contribution >= 4 is 11.6 Å². The number of carbonyl (C=O) groups is 2. The van der Waals surface area contributed by atoms with Gasteiger partial charge in [-0.15, -0.1) is 0 Å². The Hall–Kier alpha value is -2.16. The molecular formula is C20H26O8. The molecule has 0 aliphatic heterocycles. The van der Waals surface area contributed by atoms with Gasteiger partial charge in [0.1, 0.15) is 5.75 Å². The Morgan fingerprint density at radius 2 is 1.57 bits per heavy atom. The number of benzene rings is 1. The van der Waals surface area contributed by atoms with Crippen molar-refractivity contribution in [3.63, 3.8) is 0 Å². The zero-order valence-corrected chi connectivity index (χ0v) is 16.1. The van der Waals surface area contributed by atoms with Crippen molar-refractivity contribution in [2.24, 2.45) is 11.3 Å². The Labute approximate surface area is 162 Å². The summed E-state index contributed by atoms with van der Waals surface area (Å²) in [4.78, 5) is 26.0. The maximum Gasteiger partial charge on any atom is 0.233 e. The number of hydrogen-bond donors (Lipinski definition) is 6. The Bertz CT molecular complexity index is 854. The fourth-order valence-corrected chi connectivity index (χ4v) is 5.25. The summed E-state index contributed by atoms with van der Waals surface area (Å²) in [6.45, 7) is 3.71. The predicted molar refractivity (Wildman–Crippen MR) is 97.6 cm³/mol. The van der Waals surface area contributed by atoms with Crippen molar-refractivity contribution in [3.05, 3.63) is 16.7 Å². The highest BCUT2D eigenvalue weighted by molar-refractivity contribution is 6.47. The van der Waals surface area contributed by atoms with E-state index in [4.69, 9.17) is 0 Å².